The number of nitrogens with one attached hydrogen (secondary N) is 1. The molecule has 0 radical (unpaired) electrons. The molecule has 5 aromatic heterocycles. The topological polar surface area (TPSA) is 107 Å². The molecule has 0 unspecified atom stereocenters. The molecule has 0 amide bonds. The van der Waals surface area contributed by atoms with Crippen LogP contribution in [0.15, 0.2) is 408 Å². The van der Waals surface area contributed by atoms with Crippen LogP contribution < -0.4 is 41.2 Å². The number of benzene rings is 10. The molecular formula is C85H66Br3N10OP. The van der Waals surface area contributed by atoms with Crippen LogP contribution in [0.5, 0.6) is 0 Å². The summed E-state index contributed by atoms with van der Waals surface area (Å²) in [6.07, 6.45) is 0. The molecule has 0 bridgehead atoms. The van der Waals surface area contributed by atoms with E-state index >= 15 is 4.57 Å². The molecule has 0 aliphatic rings. The second-order valence-electron chi connectivity index (χ2n) is 22.2. The third-order valence-corrected chi connectivity index (χ3v) is 19.4. The van der Waals surface area contributed by atoms with E-state index in [9.17, 15) is 0 Å². The molecule has 0 aliphatic heterocycles. The molecule has 15 aromatic rings. The Morgan fingerprint density at radius 2 is 0.400 bits per heavy atom. The summed E-state index contributed by atoms with van der Waals surface area (Å²) >= 11 is 9.88. The second-order valence-corrected chi connectivity index (χ2v) is 27.2. The first-order valence-electron chi connectivity index (χ1n) is 32.2. The molecule has 11 nitrogen and oxygen atoms in total. The molecule has 0 aliphatic carbocycles. The van der Waals surface area contributed by atoms with Crippen LogP contribution >= 0.6 is 54.9 Å². The molecule has 0 saturated carbocycles. The van der Waals surface area contributed by atoms with Crippen molar-refractivity contribution in [1.82, 2.24) is 24.9 Å². The number of para-hydroxylation sites is 10. The lowest BCUT2D eigenvalue weighted by Crippen LogP contribution is -2.32. The van der Waals surface area contributed by atoms with Gasteiger partial charge in [-0.15, -0.1) is 0 Å². The molecule has 0 atom stereocenters. The fourth-order valence-corrected chi connectivity index (χ4v) is 14.5. The molecule has 5 heterocycles. The number of hydrogen-bond donors (Lipinski definition) is 1. The van der Waals surface area contributed by atoms with E-state index in [1.807, 2.05) is 370 Å². The van der Waals surface area contributed by atoms with Crippen LogP contribution in [0.1, 0.15) is 0 Å². The van der Waals surface area contributed by atoms with Crippen LogP contribution in [0.25, 0.3) is 0 Å². The Labute approximate surface area is 609 Å². The largest absolute Gasteiger partial charge is 0.356 e. The lowest BCUT2D eigenvalue weighted by molar-refractivity contribution is 0.591. The van der Waals surface area contributed by atoms with E-state index in [1.54, 1.807) is 0 Å². The van der Waals surface area contributed by atoms with E-state index in [-0.39, 0.29) is 0 Å². The standard InChI is InChI=1S/C51H39N6OP.C17H13BrN2.C12H11N.C5H3Br2N/c58-59(49-37-19-34-46(52-49)55(40-22-7-1-8-23-40)41-24-9-2-10-25-41,50-38-20-35-47(53-50)56(42-26-11-3-12-27-42)43-28-13-4-14-29-43)51-39-21-36-48(54-51)57(44-30-15-5-16-31-44)45-32-17-6-18-33-45;18-16-12-7-13-17(19-16)20(14-8-3-1-4-9-14)15-10-5-2-6-11-15;1-3-7-11(8-4-1)13-12-9-5-2-6-10-12;6-4-2-1-3-5(7)8-4/h1-39H;1-13H;1-10,13H;1-3H. The molecule has 0 fully saturated rings. The summed E-state index contributed by atoms with van der Waals surface area (Å²) in [5.41, 5.74) is 11.0. The number of anilines is 14. The third-order valence-electron chi connectivity index (χ3n) is 15.4. The highest BCUT2D eigenvalue weighted by Gasteiger charge is 2.37. The van der Waals surface area contributed by atoms with Crippen LogP contribution in [0, 0.1) is 0 Å². The maximum Gasteiger partial charge on any atom is 0.223 e. The molecule has 100 heavy (non-hydrogen) atoms. The zero-order chi connectivity index (χ0) is 68.6. The van der Waals surface area contributed by atoms with Crippen LogP contribution in [-0.2, 0) is 4.57 Å². The number of aromatic nitrogens is 5. The van der Waals surface area contributed by atoms with Crippen molar-refractivity contribution in [1.29, 1.82) is 0 Å². The van der Waals surface area contributed by atoms with Gasteiger partial charge in [0.05, 0.1) is 0 Å². The number of nitrogens with zero attached hydrogens (tertiary/aromatic N) is 9. The van der Waals surface area contributed by atoms with Gasteiger partial charge < -0.3 is 9.88 Å². The predicted octanol–water partition coefficient (Wildman–Crippen LogP) is 23.3. The van der Waals surface area contributed by atoms with E-state index in [1.165, 1.54) is 0 Å². The quantitative estimate of drug-likeness (QED) is 0.0696. The zero-order valence-corrected chi connectivity index (χ0v) is 59.7. The van der Waals surface area contributed by atoms with E-state index in [4.69, 9.17) is 15.0 Å². The first kappa shape index (κ1) is 68.6. The average molecular weight is 1510 g/mol. The van der Waals surface area contributed by atoms with Crippen molar-refractivity contribution in [2.24, 2.45) is 0 Å². The number of rotatable bonds is 17. The van der Waals surface area contributed by atoms with Crippen molar-refractivity contribution in [2.75, 3.05) is 24.9 Å². The van der Waals surface area contributed by atoms with Gasteiger partial charge >= 0.3 is 0 Å². The highest BCUT2D eigenvalue weighted by molar-refractivity contribution is 9.11. The van der Waals surface area contributed by atoms with Crippen LogP contribution in [0.3, 0.4) is 0 Å². The van der Waals surface area contributed by atoms with Gasteiger partial charge in [-0.25, -0.2) is 24.9 Å². The molecule has 15 heteroatoms. The number of hydrogen-bond acceptors (Lipinski definition) is 11. The summed E-state index contributed by atoms with van der Waals surface area (Å²) in [7, 11) is -3.94. The van der Waals surface area contributed by atoms with Crippen LogP contribution in [0.2, 0.25) is 0 Å². The van der Waals surface area contributed by atoms with Crippen molar-refractivity contribution in [3.63, 3.8) is 0 Å². The monoisotopic (exact) mass is 1510 g/mol. The lowest BCUT2D eigenvalue weighted by atomic mass is 10.2. The minimum atomic E-state index is -3.94. The molecule has 0 saturated heterocycles. The first-order valence-corrected chi connectivity index (χ1v) is 36.3. The normalized spacial score (nSPS) is 10.6. The van der Waals surface area contributed by atoms with Gasteiger partial charge in [-0.05, 0) is 230 Å². The Balaban J connectivity index is 0.000000184. The SMILES string of the molecule is Brc1cccc(Br)n1.Brc1cccc(N(c2ccccc2)c2ccccc2)n1.O=P(c1cccc(N(c2ccccc2)c2ccccc2)n1)(c1cccc(N(c2ccccc2)c2ccccc2)n1)c1cccc(N(c2ccccc2)c2ccccc2)n1.c1ccc(Nc2ccccc2)cc1. The second kappa shape index (κ2) is 34.7. The highest BCUT2D eigenvalue weighted by Crippen LogP contribution is 2.45. The van der Waals surface area contributed by atoms with Gasteiger partial charge in [0, 0.05) is 56.9 Å². The van der Waals surface area contributed by atoms with Gasteiger partial charge in [0.2, 0.25) is 7.14 Å². The Kier molecular flexibility index (Phi) is 23.8. The molecule has 1 N–H and O–H groups in total. The third kappa shape index (κ3) is 17.8. The van der Waals surface area contributed by atoms with Gasteiger partial charge in [0.15, 0.2) is 0 Å². The molecular weight excluding hydrogens is 1450 g/mol. The summed E-state index contributed by atoms with van der Waals surface area (Å²) in [5, 5.41) is 3.30. The van der Waals surface area contributed by atoms with Crippen molar-refractivity contribution in [3.05, 3.63) is 408 Å². The van der Waals surface area contributed by atoms with Crippen LogP contribution in [-0.4, -0.2) is 24.9 Å². The summed E-state index contributed by atoms with van der Waals surface area (Å²) in [6, 6.07) is 130. The van der Waals surface area contributed by atoms with E-state index in [0.717, 1.165) is 76.5 Å². The Morgan fingerprint density at radius 3 is 0.610 bits per heavy atom. The van der Waals surface area contributed by atoms with E-state index in [0.29, 0.717) is 33.8 Å². The van der Waals surface area contributed by atoms with Crippen molar-refractivity contribution in [2.45, 2.75) is 0 Å². The molecule has 488 valence electrons. The molecule has 10 aromatic carbocycles. The minimum Gasteiger partial charge on any atom is -0.356 e. The summed E-state index contributed by atoms with van der Waals surface area (Å²) in [6.45, 7) is 0. The molecule has 0 spiro atoms. The van der Waals surface area contributed by atoms with E-state index < -0.39 is 7.14 Å². The average Bonchev–Trinajstić information content (AvgIpc) is 0.746. The van der Waals surface area contributed by atoms with Gasteiger partial charge in [-0.1, -0.05) is 212 Å². The Bertz CT molecular complexity index is 4500. The van der Waals surface area contributed by atoms with Crippen LogP contribution in [0.4, 0.5) is 80.1 Å². The minimum absolute atomic E-state index is 0.359. The first-order chi connectivity index (χ1) is 49.2. The summed E-state index contributed by atoms with van der Waals surface area (Å²) < 4.78 is 19.3. The summed E-state index contributed by atoms with van der Waals surface area (Å²) in [5.74, 6) is 2.71. The Hall–Kier alpha value is -11.4. The van der Waals surface area contributed by atoms with Gasteiger partial charge in [-0.2, -0.15) is 0 Å². The van der Waals surface area contributed by atoms with Gasteiger partial charge in [0.1, 0.15) is 53.4 Å². The maximum atomic E-state index is 16.7. The fraction of sp³-hybridized carbons (Fsp3) is 0. The van der Waals surface area contributed by atoms with Crippen molar-refractivity contribution in [3.8, 4) is 0 Å². The van der Waals surface area contributed by atoms with Gasteiger partial charge in [-0.3, -0.25) is 19.6 Å². The van der Waals surface area contributed by atoms with E-state index in [2.05, 4.69) is 107 Å². The van der Waals surface area contributed by atoms with Crippen molar-refractivity contribution < 1.29 is 4.57 Å². The zero-order valence-electron chi connectivity index (χ0n) is 54.0. The van der Waals surface area contributed by atoms with Crippen molar-refractivity contribution >= 4 is 151 Å². The molecule has 15 rings (SSSR count). The number of halogens is 3. The lowest BCUT2D eigenvalue weighted by Gasteiger charge is -2.28. The highest BCUT2D eigenvalue weighted by atomic mass is 79.9. The summed E-state index contributed by atoms with van der Waals surface area (Å²) in [4.78, 5) is 32.8. The Morgan fingerprint density at radius 1 is 0.210 bits per heavy atom. The predicted molar refractivity (Wildman–Crippen MR) is 426 cm³/mol. The maximum absolute atomic E-state index is 16.7. The fourth-order valence-electron chi connectivity index (χ4n) is 10.9. The number of pyridine rings is 5. The smallest absolute Gasteiger partial charge is 0.223 e. The van der Waals surface area contributed by atoms with Gasteiger partial charge in [0.25, 0.3) is 0 Å².